The number of hydrogen-bond acceptors (Lipinski definition) is 4. The molecule has 150 valence electrons. The van der Waals surface area contributed by atoms with E-state index in [1.807, 2.05) is 6.07 Å². The van der Waals surface area contributed by atoms with Gasteiger partial charge < -0.3 is 10.1 Å². The number of ether oxygens (including phenoxy) is 1. The summed E-state index contributed by atoms with van der Waals surface area (Å²) < 4.78 is 32.7. The first-order valence-electron chi connectivity index (χ1n) is 8.68. The number of benzene rings is 3. The van der Waals surface area contributed by atoms with Crippen LogP contribution in [0.3, 0.4) is 0 Å². The van der Waals surface area contributed by atoms with Gasteiger partial charge in [-0.2, -0.15) is 0 Å². The average Bonchev–Trinajstić information content (AvgIpc) is 2.73. The summed E-state index contributed by atoms with van der Waals surface area (Å²) in [5, 5.41) is 2.94. The summed E-state index contributed by atoms with van der Waals surface area (Å²) in [7, 11) is -2.54. The van der Waals surface area contributed by atoms with Crippen molar-refractivity contribution in [1.82, 2.24) is 0 Å². The SMILES string of the molecule is COc1ccc(N(CC(=O)Nc2ccccc2)S(=O)(=O)c2ccccc2)cc1Cl. The van der Waals surface area contributed by atoms with Gasteiger partial charge in [0.2, 0.25) is 5.91 Å². The smallest absolute Gasteiger partial charge is 0.264 e. The van der Waals surface area contributed by atoms with Crippen molar-refractivity contribution in [2.45, 2.75) is 4.90 Å². The number of carbonyl (C=O) groups excluding carboxylic acids is 1. The molecule has 3 aromatic rings. The standard InChI is InChI=1S/C21H19ClN2O4S/c1-28-20-13-12-17(14-19(20)22)24(29(26,27)18-10-6-3-7-11-18)15-21(25)23-16-8-4-2-5-9-16/h2-14H,15H2,1H3,(H,23,25). The van der Waals surface area contributed by atoms with Crippen molar-refractivity contribution in [1.29, 1.82) is 0 Å². The quantitative estimate of drug-likeness (QED) is 0.610. The van der Waals surface area contributed by atoms with E-state index in [9.17, 15) is 13.2 Å². The van der Waals surface area contributed by atoms with Crippen LogP contribution in [0, 0.1) is 0 Å². The molecular weight excluding hydrogens is 412 g/mol. The Kier molecular flexibility index (Phi) is 6.41. The number of nitrogens with zero attached hydrogens (tertiary/aromatic N) is 1. The minimum absolute atomic E-state index is 0.0689. The third-order valence-electron chi connectivity index (χ3n) is 4.10. The van der Waals surface area contributed by atoms with Crippen LogP contribution in [0.25, 0.3) is 0 Å². The zero-order valence-electron chi connectivity index (χ0n) is 15.6. The molecule has 0 aromatic heterocycles. The lowest BCUT2D eigenvalue weighted by Crippen LogP contribution is -2.38. The molecule has 0 aliphatic heterocycles. The van der Waals surface area contributed by atoms with Crippen LogP contribution in [0.15, 0.2) is 83.8 Å². The molecule has 1 amide bonds. The molecule has 0 atom stereocenters. The number of rotatable bonds is 7. The van der Waals surface area contributed by atoms with Crippen molar-refractivity contribution in [3.8, 4) is 5.75 Å². The number of anilines is 2. The number of para-hydroxylation sites is 1. The molecule has 29 heavy (non-hydrogen) atoms. The molecule has 3 aromatic carbocycles. The molecule has 8 heteroatoms. The molecule has 0 heterocycles. The largest absolute Gasteiger partial charge is 0.495 e. The van der Waals surface area contributed by atoms with Gasteiger partial charge in [0.25, 0.3) is 10.0 Å². The molecule has 0 aliphatic carbocycles. The minimum Gasteiger partial charge on any atom is -0.495 e. The van der Waals surface area contributed by atoms with Gasteiger partial charge in [0, 0.05) is 5.69 Å². The van der Waals surface area contributed by atoms with E-state index in [0.29, 0.717) is 11.4 Å². The summed E-state index contributed by atoms with van der Waals surface area (Å²) in [5.74, 6) is -0.0798. The van der Waals surface area contributed by atoms with Crippen LogP contribution in [-0.2, 0) is 14.8 Å². The Hall–Kier alpha value is -3.03. The van der Waals surface area contributed by atoms with Crippen molar-refractivity contribution < 1.29 is 17.9 Å². The fourth-order valence-electron chi connectivity index (χ4n) is 2.70. The van der Waals surface area contributed by atoms with Gasteiger partial charge in [-0.1, -0.05) is 48.0 Å². The lowest BCUT2D eigenvalue weighted by Gasteiger charge is -2.24. The van der Waals surface area contributed by atoms with Crippen molar-refractivity contribution in [3.05, 3.63) is 83.9 Å². The van der Waals surface area contributed by atoms with E-state index in [2.05, 4.69) is 5.32 Å². The number of amides is 1. The fourth-order valence-corrected chi connectivity index (χ4v) is 4.38. The van der Waals surface area contributed by atoms with Crippen LogP contribution in [0.5, 0.6) is 5.75 Å². The summed E-state index contributed by atoms with van der Waals surface area (Å²) >= 11 is 6.19. The van der Waals surface area contributed by atoms with Gasteiger partial charge in [-0.05, 0) is 42.5 Å². The highest BCUT2D eigenvalue weighted by Gasteiger charge is 2.27. The number of nitrogens with one attached hydrogen (secondary N) is 1. The molecule has 0 radical (unpaired) electrons. The van der Waals surface area contributed by atoms with Crippen LogP contribution in [0.4, 0.5) is 11.4 Å². The van der Waals surface area contributed by atoms with E-state index in [0.717, 1.165) is 4.31 Å². The highest BCUT2D eigenvalue weighted by Crippen LogP contribution is 2.31. The maximum atomic E-state index is 13.3. The number of sulfonamides is 1. The van der Waals surface area contributed by atoms with Gasteiger partial charge in [0.1, 0.15) is 12.3 Å². The lowest BCUT2D eigenvalue weighted by atomic mass is 10.3. The Morgan fingerprint density at radius 1 is 1.00 bits per heavy atom. The summed E-state index contributed by atoms with van der Waals surface area (Å²) in [6, 6.07) is 21.3. The third-order valence-corrected chi connectivity index (χ3v) is 6.18. The monoisotopic (exact) mass is 430 g/mol. The molecule has 3 rings (SSSR count). The van der Waals surface area contributed by atoms with Crippen molar-refractivity contribution in [2.24, 2.45) is 0 Å². The predicted molar refractivity (Wildman–Crippen MR) is 114 cm³/mol. The summed E-state index contributed by atoms with van der Waals surface area (Å²) in [5.41, 5.74) is 0.824. The molecule has 0 unspecified atom stereocenters. The van der Waals surface area contributed by atoms with Gasteiger partial charge >= 0.3 is 0 Å². The van der Waals surface area contributed by atoms with E-state index in [-0.39, 0.29) is 15.6 Å². The number of methoxy groups -OCH3 is 1. The molecule has 0 saturated carbocycles. The van der Waals surface area contributed by atoms with Crippen molar-refractivity contribution in [2.75, 3.05) is 23.3 Å². The zero-order valence-corrected chi connectivity index (χ0v) is 17.2. The molecule has 0 saturated heterocycles. The minimum atomic E-state index is -4.00. The Labute approximate surface area is 174 Å². The number of halogens is 1. The van der Waals surface area contributed by atoms with E-state index in [1.165, 1.54) is 25.3 Å². The van der Waals surface area contributed by atoms with Crippen molar-refractivity contribution >= 4 is 38.9 Å². The Bertz CT molecular complexity index is 1090. The second-order valence-corrected chi connectivity index (χ2v) is 8.33. The fraction of sp³-hybridized carbons (Fsp3) is 0.0952. The summed E-state index contributed by atoms with van der Waals surface area (Å²) in [6.07, 6.45) is 0. The third kappa shape index (κ3) is 4.88. The van der Waals surface area contributed by atoms with E-state index in [1.54, 1.807) is 54.6 Å². The van der Waals surface area contributed by atoms with Gasteiger partial charge in [-0.25, -0.2) is 8.42 Å². The van der Waals surface area contributed by atoms with E-state index < -0.39 is 22.5 Å². The predicted octanol–water partition coefficient (Wildman–Crippen LogP) is 4.18. The molecule has 1 N–H and O–H groups in total. The molecule has 0 spiro atoms. The van der Waals surface area contributed by atoms with Crippen LogP contribution < -0.4 is 14.4 Å². The molecule has 0 bridgehead atoms. The van der Waals surface area contributed by atoms with Crippen LogP contribution in [0.2, 0.25) is 5.02 Å². The maximum Gasteiger partial charge on any atom is 0.264 e. The highest BCUT2D eigenvalue weighted by atomic mass is 35.5. The van der Waals surface area contributed by atoms with Crippen LogP contribution in [0.1, 0.15) is 0 Å². The second kappa shape index (κ2) is 8.98. The van der Waals surface area contributed by atoms with Gasteiger partial charge in [0.15, 0.2) is 0 Å². The lowest BCUT2D eigenvalue weighted by molar-refractivity contribution is -0.114. The summed E-state index contributed by atoms with van der Waals surface area (Å²) in [4.78, 5) is 12.7. The first-order chi connectivity index (χ1) is 13.9. The highest BCUT2D eigenvalue weighted by molar-refractivity contribution is 7.92. The van der Waals surface area contributed by atoms with Gasteiger partial charge in [-0.3, -0.25) is 9.10 Å². The Morgan fingerprint density at radius 2 is 1.62 bits per heavy atom. The molecule has 0 fully saturated rings. The zero-order chi connectivity index (χ0) is 20.9. The normalized spacial score (nSPS) is 11.0. The van der Waals surface area contributed by atoms with E-state index in [4.69, 9.17) is 16.3 Å². The molecule has 0 aliphatic rings. The van der Waals surface area contributed by atoms with Crippen LogP contribution in [-0.4, -0.2) is 28.0 Å². The number of hydrogen-bond donors (Lipinski definition) is 1. The summed E-state index contributed by atoms with van der Waals surface area (Å²) in [6.45, 7) is -0.422. The van der Waals surface area contributed by atoms with Crippen molar-refractivity contribution in [3.63, 3.8) is 0 Å². The van der Waals surface area contributed by atoms with Gasteiger partial charge in [-0.15, -0.1) is 0 Å². The molecular formula is C21H19ClN2O4S. The first kappa shape index (κ1) is 20.7. The molecule has 6 nitrogen and oxygen atoms in total. The second-order valence-electron chi connectivity index (χ2n) is 6.06. The van der Waals surface area contributed by atoms with Gasteiger partial charge in [0.05, 0.1) is 22.7 Å². The van der Waals surface area contributed by atoms with Crippen LogP contribution >= 0.6 is 11.6 Å². The topological polar surface area (TPSA) is 75.7 Å². The Balaban J connectivity index is 1.97. The maximum absolute atomic E-state index is 13.3. The first-order valence-corrected chi connectivity index (χ1v) is 10.5. The average molecular weight is 431 g/mol. The Morgan fingerprint density at radius 3 is 2.21 bits per heavy atom. The number of carbonyl (C=O) groups is 1. The van der Waals surface area contributed by atoms with E-state index >= 15 is 0 Å².